The Balaban J connectivity index is 1.85. The lowest BCUT2D eigenvalue weighted by Crippen LogP contribution is -2.42. The van der Waals surface area contributed by atoms with Gasteiger partial charge in [0, 0.05) is 30.0 Å². The Morgan fingerprint density at radius 2 is 1.77 bits per heavy atom. The van der Waals surface area contributed by atoms with E-state index in [0.717, 1.165) is 16.8 Å². The molecule has 1 aliphatic rings. The van der Waals surface area contributed by atoms with Gasteiger partial charge in [-0.25, -0.2) is 8.42 Å². The Bertz CT molecular complexity index is 1040. The van der Waals surface area contributed by atoms with Crippen molar-refractivity contribution < 1.29 is 8.42 Å². The second kappa shape index (κ2) is 6.58. The third-order valence-corrected chi connectivity index (χ3v) is 6.89. The Morgan fingerprint density at radius 1 is 1.00 bits per heavy atom. The molecule has 1 aromatic heterocycles. The lowest BCUT2D eigenvalue weighted by atomic mass is 10.0. The second-order valence-corrected chi connectivity index (χ2v) is 8.84. The van der Waals surface area contributed by atoms with Crippen LogP contribution in [0.4, 0.5) is 0 Å². The van der Waals surface area contributed by atoms with E-state index in [2.05, 4.69) is 4.57 Å². The first-order valence-electron chi connectivity index (χ1n) is 8.46. The molecule has 0 spiro atoms. The van der Waals surface area contributed by atoms with Crippen LogP contribution in [0.1, 0.15) is 22.9 Å². The van der Waals surface area contributed by atoms with Crippen LogP contribution in [-0.2, 0) is 16.6 Å². The zero-order valence-corrected chi connectivity index (χ0v) is 15.9. The molecule has 4 rings (SSSR count). The quantitative estimate of drug-likeness (QED) is 0.675. The third-order valence-electron chi connectivity index (χ3n) is 4.79. The topological polar surface area (TPSA) is 42.3 Å². The van der Waals surface area contributed by atoms with Crippen LogP contribution >= 0.6 is 11.6 Å². The van der Waals surface area contributed by atoms with Gasteiger partial charge in [-0.2, -0.15) is 4.31 Å². The number of aromatic nitrogens is 1. The molecule has 0 fully saturated rings. The van der Waals surface area contributed by atoms with Gasteiger partial charge in [-0.15, -0.1) is 0 Å². The smallest absolute Gasteiger partial charge is 0.244 e. The van der Waals surface area contributed by atoms with Gasteiger partial charge in [0.1, 0.15) is 0 Å². The average molecular weight is 387 g/mol. The largest absolute Gasteiger partial charge is 0.348 e. The number of nitrogens with zero attached hydrogens (tertiary/aromatic N) is 2. The molecule has 4 nitrogen and oxygen atoms in total. The predicted molar refractivity (Wildman–Crippen MR) is 103 cm³/mol. The van der Waals surface area contributed by atoms with Gasteiger partial charge in [0.2, 0.25) is 10.0 Å². The summed E-state index contributed by atoms with van der Waals surface area (Å²) >= 11 is 6.04. The molecule has 2 heterocycles. The number of benzene rings is 2. The molecule has 1 atom stereocenters. The highest BCUT2D eigenvalue weighted by atomic mass is 35.5. The SMILES string of the molecule is Cc1ccc([C@@H]2c3cccn3CCN2S(=O)(=O)c2cccc(Cl)c2)cc1. The number of hydrogen-bond donors (Lipinski definition) is 0. The van der Waals surface area contributed by atoms with E-state index in [-0.39, 0.29) is 10.9 Å². The van der Waals surface area contributed by atoms with Crippen molar-refractivity contribution in [1.29, 1.82) is 0 Å². The van der Waals surface area contributed by atoms with E-state index in [1.807, 2.05) is 49.5 Å². The summed E-state index contributed by atoms with van der Waals surface area (Å²) in [6.07, 6.45) is 2.00. The van der Waals surface area contributed by atoms with Gasteiger partial charge < -0.3 is 4.57 Å². The fourth-order valence-corrected chi connectivity index (χ4v) is 5.35. The average Bonchev–Trinajstić information content (AvgIpc) is 3.10. The molecule has 3 aromatic rings. The zero-order chi connectivity index (χ0) is 18.3. The number of aryl methyl sites for hydroxylation is 1. The third kappa shape index (κ3) is 2.96. The normalized spacial score (nSPS) is 17.8. The van der Waals surface area contributed by atoms with E-state index >= 15 is 0 Å². The maximum absolute atomic E-state index is 13.4. The van der Waals surface area contributed by atoms with Crippen LogP contribution in [-0.4, -0.2) is 23.8 Å². The Hall–Kier alpha value is -2.08. The van der Waals surface area contributed by atoms with Gasteiger partial charge in [-0.1, -0.05) is 47.5 Å². The monoisotopic (exact) mass is 386 g/mol. The lowest BCUT2D eigenvalue weighted by Gasteiger charge is -2.36. The van der Waals surface area contributed by atoms with Crippen molar-refractivity contribution in [1.82, 2.24) is 8.87 Å². The first kappa shape index (κ1) is 17.3. The first-order valence-corrected chi connectivity index (χ1v) is 10.3. The minimum absolute atomic E-state index is 0.224. The van der Waals surface area contributed by atoms with E-state index in [9.17, 15) is 8.42 Å². The van der Waals surface area contributed by atoms with E-state index in [4.69, 9.17) is 11.6 Å². The molecule has 2 aromatic carbocycles. The van der Waals surface area contributed by atoms with E-state index < -0.39 is 10.0 Å². The van der Waals surface area contributed by atoms with Gasteiger partial charge in [-0.3, -0.25) is 0 Å². The summed E-state index contributed by atoms with van der Waals surface area (Å²) in [6, 6.07) is 18.1. The number of sulfonamides is 1. The summed E-state index contributed by atoms with van der Waals surface area (Å²) in [5.74, 6) is 0. The lowest BCUT2D eigenvalue weighted by molar-refractivity contribution is 0.298. The first-order chi connectivity index (χ1) is 12.5. The van der Waals surface area contributed by atoms with Crippen molar-refractivity contribution in [3.05, 3.63) is 88.7 Å². The molecule has 134 valence electrons. The number of rotatable bonds is 3. The number of fused-ring (bicyclic) bond motifs is 1. The van der Waals surface area contributed by atoms with Crippen molar-refractivity contribution in [2.75, 3.05) is 6.54 Å². The number of halogens is 1. The Morgan fingerprint density at radius 3 is 2.50 bits per heavy atom. The van der Waals surface area contributed by atoms with E-state index in [1.165, 1.54) is 6.07 Å². The van der Waals surface area contributed by atoms with Gasteiger partial charge in [0.25, 0.3) is 0 Å². The second-order valence-electron chi connectivity index (χ2n) is 6.51. The van der Waals surface area contributed by atoms with Crippen molar-refractivity contribution >= 4 is 21.6 Å². The molecule has 0 N–H and O–H groups in total. The van der Waals surface area contributed by atoms with Crippen LogP contribution < -0.4 is 0 Å². The molecule has 6 heteroatoms. The molecule has 1 aliphatic heterocycles. The predicted octanol–water partition coefficient (Wildman–Crippen LogP) is 4.24. The van der Waals surface area contributed by atoms with Crippen molar-refractivity contribution in [3.8, 4) is 0 Å². The molecule has 0 saturated heterocycles. The minimum Gasteiger partial charge on any atom is -0.348 e. The molecule has 0 saturated carbocycles. The van der Waals surface area contributed by atoms with Gasteiger partial charge in [0.05, 0.1) is 10.9 Å². The van der Waals surface area contributed by atoms with Crippen LogP contribution in [0.2, 0.25) is 5.02 Å². The maximum Gasteiger partial charge on any atom is 0.244 e. The molecule has 0 amide bonds. The highest BCUT2D eigenvalue weighted by Crippen LogP contribution is 2.36. The Kier molecular flexibility index (Phi) is 4.39. The number of hydrogen-bond acceptors (Lipinski definition) is 2. The van der Waals surface area contributed by atoms with Crippen LogP contribution in [0.3, 0.4) is 0 Å². The van der Waals surface area contributed by atoms with Crippen LogP contribution in [0, 0.1) is 6.92 Å². The summed E-state index contributed by atoms with van der Waals surface area (Å²) in [6.45, 7) is 3.06. The molecule has 0 unspecified atom stereocenters. The maximum atomic E-state index is 13.4. The molecule has 0 bridgehead atoms. The van der Waals surface area contributed by atoms with Gasteiger partial charge >= 0.3 is 0 Å². The van der Waals surface area contributed by atoms with Crippen LogP contribution in [0.15, 0.2) is 71.8 Å². The molecule has 26 heavy (non-hydrogen) atoms. The van der Waals surface area contributed by atoms with E-state index in [0.29, 0.717) is 18.1 Å². The molecule has 0 aliphatic carbocycles. The fourth-order valence-electron chi connectivity index (χ4n) is 3.47. The highest BCUT2D eigenvalue weighted by molar-refractivity contribution is 7.89. The van der Waals surface area contributed by atoms with Crippen LogP contribution in [0.25, 0.3) is 0 Å². The highest BCUT2D eigenvalue weighted by Gasteiger charge is 2.37. The minimum atomic E-state index is -3.68. The Labute approximate surface area is 158 Å². The molecular formula is C20H19ClN2O2S. The zero-order valence-electron chi connectivity index (χ0n) is 14.3. The summed E-state index contributed by atoms with van der Waals surface area (Å²) in [4.78, 5) is 0.224. The summed E-state index contributed by atoms with van der Waals surface area (Å²) < 4.78 is 30.5. The summed E-state index contributed by atoms with van der Waals surface area (Å²) in [7, 11) is -3.68. The summed E-state index contributed by atoms with van der Waals surface area (Å²) in [5, 5.41) is 0.415. The molecular weight excluding hydrogens is 368 g/mol. The standard InChI is InChI=1S/C20H19ClN2O2S/c1-15-7-9-16(10-8-15)20-19-6-3-11-22(19)12-13-23(20)26(24,25)18-5-2-4-17(21)14-18/h2-11,14,20H,12-13H2,1H3/t20-/m1/s1. The van der Waals surface area contributed by atoms with E-state index in [1.54, 1.807) is 22.5 Å². The van der Waals surface area contributed by atoms with Crippen LogP contribution in [0.5, 0.6) is 0 Å². The summed E-state index contributed by atoms with van der Waals surface area (Å²) in [5.41, 5.74) is 3.08. The molecule has 0 radical (unpaired) electrons. The van der Waals surface area contributed by atoms with Crippen molar-refractivity contribution in [3.63, 3.8) is 0 Å². The van der Waals surface area contributed by atoms with Gasteiger partial charge in [-0.05, 0) is 42.8 Å². The van der Waals surface area contributed by atoms with Crippen molar-refractivity contribution in [2.45, 2.75) is 24.4 Å². The fraction of sp³-hybridized carbons (Fsp3) is 0.200. The van der Waals surface area contributed by atoms with Crippen molar-refractivity contribution in [2.24, 2.45) is 0 Å². The van der Waals surface area contributed by atoms with Gasteiger partial charge in [0.15, 0.2) is 0 Å².